The van der Waals surface area contributed by atoms with E-state index < -0.39 is 0 Å². The number of hydrogen-bond acceptors (Lipinski definition) is 3. The smallest absolute Gasteiger partial charge is 0.109 e. The van der Waals surface area contributed by atoms with Gasteiger partial charge < -0.3 is 4.90 Å². The predicted molar refractivity (Wildman–Crippen MR) is 83.4 cm³/mol. The molecule has 20 heavy (non-hydrogen) atoms. The molecular weight excluding hydrogens is 246 g/mol. The van der Waals surface area contributed by atoms with Crippen molar-refractivity contribution in [2.75, 3.05) is 19.6 Å². The standard InChI is InChI=1S/C17H31N3/c1-4-19-17(13-18)10-5-6-15(17)9-11-20(12-14(2)3)16-7-8-16/h14-16,19H,4-12H2,1-3H3. The monoisotopic (exact) mass is 277 g/mol. The van der Waals surface area contributed by atoms with E-state index in [9.17, 15) is 5.26 Å². The zero-order valence-electron chi connectivity index (χ0n) is 13.5. The van der Waals surface area contributed by atoms with Gasteiger partial charge in [0.05, 0.1) is 6.07 Å². The molecule has 3 heteroatoms. The van der Waals surface area contributed by atoms with Gasteiger partial charge in [0, 0.05) is 12.6 Å². The summed E-state index contributed by atoms with van der Waals surface area (Å²) in [5.74, 6) is 1.29. The lowest BCUT2D eigenvalue weighted by Gasteiger charge is -2.32. The zero-order valence-corrected chi connectivity index (χ0v) is 13.5. The third-order valence-electron chi connectivity index (χ3n) is 4.94. The van der Waals surface area contributed by atoms with Crippen LogP contribution in [0.25, 0.3) is 0 Å². The number of nitrogens with one attached hydrogen (secondary N) is 1. The van der Waals surface area contributed by atoms with Crippen molar-refractivity contribution < 1.29 is 0 Å². The van der Waals surface area contributed by atoms with Crippen molar-refractivity contribution in [3.8, 4) is 6.07 Å². The molecule has 0 aromatic carbocycles. The van der Waals surface area contributed by atoms with Gasteiger partial charge in [-0.3, -0.25) is 5.32 Å². The predicted octanol–water partition coefficient (Wildman–Crippen LogP) is 3.17. The van der Waals surface area contributed by atoms with E-state index in [-0.39, 0.29) is 5.54 Å². The summed E-state index contributed by atoms with van der Waals surface area (Å²) >= 11 is 0. The van der Waals surface area contributed by atoms with E-state index in [2.05, 4.69) is 37.1 Å². The maximum absolute atomic E-state index is 9.62. The van der Waals surface area contributed by atoms with Crippen LogP contribution in [0.1, 0.15) is 59.3 Å². The van der Waals surface area contributed by atoms with Gasteiger partial charge in [-0.25, -0.2) is 0 Å². The van der Waals surface area contributed by atoms with Gasteiger partial charge in [-0.1, -0.05) is 27.2 Å². The second-order valence-corrected chi connectivity index (χ2v) is 7.11. The SMILES string of the molecule is CCNC1(C#N)CCCC1CCN(CC(C)C)C1CC1. The van der Waals surface area contributed by atoms with Crippen LogP contribution < -0.4 is 5.32 Å². The van der Waals surface area contributed by atoms with Crippen LogP contribution in [0, 0.1) is 23.2 Å². The third-order valence-corrected chi connectivity index (χ3v) is 4.94. The lowest BCUT2D eigenvalue weighted by molar-refractivity contribution is 0.199. The molecule has 0 heterocycles. The van der Waals surface area contributed by atoms with Crippen LogP contribution in [0.15, 0.2) is 0 Å². The lowest BCUT2D eigenvalue weighted by atomic mass is 9.85. The van der Waals surface area contributed by atoms with E-state index in [1.54, 1.807) is 0 Å². The summed E-state index contributed by atoms with van der Waals surface area (Å²) in [4.78, 5) is 2.68. The van der Waals surface area contributed by atoms with Crippen molar-refractivity contribution in [2.45, 2.75) is 70.9 Å². The number of nitriles is 1. The van der Waals surface area contributed by atoms with Gasteiger partial charge in [0.25, 0.3) is 0 Å². The Hall–Kier alpha value is -0.590. The topological polar surface area (TPSA) is 39.1 Å². The molecule has 2 atom stereocenters. The Morgan fingerprint density at radius 2 is 2.10 bits per heavy atom. The van der Waals surface area contributed by atoms with Crippen LogP contribution >= 0.6 is 0 Å². The van der Waals surface area contributed by atoms with E-state index in [0.29, 0.717) is 5.92 Å². The minimum absolute atomic E-state index is 0.234. The summed E-state index contributed by atoms with van der Waals surface area (Å²) in [6.07, 6.45) is 7.42. The molecule has 2 rings (SSSR count). The van der Waals surface area contributed by atoms with Crippen LogP contribution in [0.2, 0.25) is 0 Å². The molecule has 2 aliphatic rings. The molecule has 0 radical (unpaired) electrons. The van der Waals surface area contributed by atoms with Gasteiger partial charge in [-0.15, -0.1) is 0 Å². The minimum atomic E-state index is -0.234. The highest BCUT2D eigenvalue weighted by Gasteiger charge is 2.42. The molecule has 0 aliphatic heterocycles. The van der Waals surface area contributed by atoms with Crippen LogP contribution in [0.4, 0.5) is 0 Å². The van der Waals surface area contributed by atoms with E-state index in [0.717, 1.165) is 24.9 Å². The molecule has 0 bridgehead atoms. The van der Waals surface area contributed by atoms with E-state index in [1.165, 1.54) is 45.2 Å². The Balaban J connectivity index is 1.89. The van der Waals surface area contributed by atoms with Gasteiger partial charge in [-0.2, -0.15) is 5.26 Å². The summed E-state index contributed by atoms with van der Waals surface area (Å²) in [5.41, 5.74) is -0.234. The van der Waals surface area contributed by atoms with Crippen LogP contribution in [-0.4, -0.2) is 36.1 Å². The molecule has 2 aliphatic carbocycles. The van der Waals surface area contributed by atoms with Crippen molar-refractivity contribution in [3.63, 3.8) is 0 Å². The number of nitrogens with zero attached hydrogens (tertiary/aromatic N) is 2. The van der Waals surface area contributed by atoms with Gasteiger partial charge in [-0.05, 0) is 57.0 Å². The molecule has 0 amide bonds. The molecule has 3 nitrogen and oxygen atoms in total. The Bertz CT molecular complexity index is 343. The molecule has 1 N–H and O–H groups in total. The molecule has 0 aromatic rings. The minimum Gasteiger partial charge on any atom is -0.300 e. The first-order chi connectivity index (χ1) is 9.61. The van der Waals surface area contributed by atoms with E-state index in [4.69, 9.17) is 0 Å². The molecule has 0 spiro atoms. The van der Waals surface area contributed by atoms with Crippen molar-refractivity contribution in [1.82, 2.24) is 10.2 Å². The molecular formula is C17H31N3. The maximum Gasteiger partial charge on any atom is 0.109 e. The second kappa shape index (κ2) is 6.91. The van der Waals surface area contributed by atoms with Gasteiger partial charge in [0.15, 0.2) is 0 Å². The van der Waals surface area contributed by atoms with Gasteiger partial charge in [0.2, 0.25) is 0 Å². The summed E-state index contributed by atoms with van der Waals surface area (Å²) in [5, 5.41) is 13.1. The lowest BCUT2D eigenvalue weighted by Crippen LogP contribution is -2.48. The summed E-state index contributed by atoms with van der Waals surface area (Å²) < 4.78 is 0. The quantitative estimate of drug-likeness (QED) is 0.740. The van der Waals surface area contributed by atoms with E-state index >= 15 is 0 Å². The Labute approximate surface area is 124 Å². The van der Waals surface area contributed by atoms with E-state index in [1.807, 2.05) is 0 Å². The van der Waals surface area contributed by atoms with Crippen molar-refractivity contribution in [2.24, 2.45) is 11.8 Å². The Morgan fingerprint density at radius 3 is 2.65 bits per heavy atom. The third kappa shape index (κ3) is 3.74. The van der Waals surface area contributed by atoms with Crippen molar-refractivity contribution in [1.29, 1.82) is 5.26 Å². The van der Waals surface area contributed by atoms with Crippen LogP contribution in [-0.2, 0) is 0 Å². The fraction of sp³-hybridized carbons (Fsp3) is 0.941. The second-order valence-electron chi connectivity index (χ2n) is 7.11. The molecule has 2 saturated carbocycles. The average molecular weight is 277 g/mol. The van der Waals surface area contributed by atoms with Gasteiger partial charge >= 0.3 is 0 Å². The Morgan fingerprint density at radius 1 is 1.35 bits per heavy atom. The first kappa shape index (κ1) is 15.8. The molecule has 2 fully saturated rings. The Kier molecular flexibility index (Phi) is 5.46. The number of rotatable bonds is 8. The fourth-order valence-electron chi connectivity index (χ4n) is 3.86. The summed E-state index contributed by atoms with van der Waals surface area (Å²) in [6.45, 7) is 10.0. The molecule has 0 aromatic heterocycles. The first-order valence-corrected chi connectivity index (χ1v) is 8.51. The molecule has 2 unspecified atom stereocenters. The highest BCUT2D eigenvalue weighted by molar-refractivity contribution is 5.14. The summed E-state index contributed by atoms with van der Waals surface area (Å²) in [6, 6.07) is 3.45. The zero-order chi connectivity index (χ0) is 14.6. The van der Waals surface area contributed by atoms with Gasteiger partial charge in [0.1, 0.15) is 5.54 Å². The largest absolute Gasteiger partial charge is 0.300 e. The first-order valence-electron chi connectivity index (χ1n) is 8.51. The normalized spacial score (nSPS) is 30.1. The van der Waals surface area contributed by atoms with Crippen LogP contribution in [0.5, 0.6) is 0 Å². The summed E-state index contributed by atoms with van der Waals surface area (Å²) in [7, 11) is 0. The van der Waals surface area contributed by atoms with Crippen molar-refractivity contribution in [3.05, 3.63) is 0 Å². The average Bonchev–Trinajstić information content (AvgIpc) is 3.18. The highest BCUT2D eigenvalue weighted by atomic mass is 15.2. The fourth-order valence-corrected chi connectivity index (χ4v) is 3.86. The maximum atomic E-state index is 9.62. The number of hydrogen-bond donors (Lipinski definition) is 1. The highest BCUT2D eigenvalue weighted by Crippen LogP contribution is 2.38. The van der Waals surface area contributed by atoms with Crippen LogP contribution in [0.3, 0.4) is 0 Å². The van der Waals surface area contributed by atoms with Crippen molar-refractivity contribution >= 4 is 0 Å². The molecule has 114 valence electrons. The molecule has 0 saturated heterocycles.